The van der Waals surface area contributed by atoms with Crippen LogP contribution >= 0.6 is 0 Å². The zero-order chi connectivity index (χ0) is 9.86. The van der Waals surface area contributed by atoms with Crippen molar-refractivity contribution in [2.75, 3.05) is 13.1 Å². The monoisotopic (exact) mass is 188 g/mol. The van der Waals surface area contributed by atoms with Gasteiger partial charge in [0.1, 0.15) is 0 Å². The van der Waals surface area contributed by atoms with Crippen molar-refractivity contribution in [2.45, 2.75) is 24.7 Å². The lowest BCUT2D eigenvalue weighted by atomic mass is 9.71. The SMILES string of the molecule is [CH2]CC1(c2ccccc2)CCNCC1. The highest BCUT2D eigenvalue weighted by Crippen LogP contribution is 2.36. The van der Waals surface area contributed by atoms with Gasteiger partial charge in [0.25, 0.3) is 0 Å². The molecule has 1 aliphatic heterocycles. The van der Waals surface area contributed by atoms with Gasteiger partial charge in [-0.1, -0.05) is 37.3 Å². The highest BCUT2D eigenvalue weighted by atomic mass is 14.9. The predicted octanol–water partition coefficient (Wildman–Crippen LogP) is 2.53. The summed E-state index contributed by atoms with van der Waals surface area (Å²) in [5, 5.41) is 3.42. The Balaban J connectivity index is 2.27. The number of benzene rings is 1. The molecule has 1 aromatic rings. The van der Waals surface area contributed by atoms with E-state index < -0.39 is 0 Å². The van der Waals surface area contributed by atoms with Crippen molar-refractivity contribution in [2.24, 2.45) is 0 Å². The Morgan fingerprint density at radius 3 is 2.36 bits per heavy atom. The van der Waals surface area contributed by atoms with E-state index in [4.69, 9.17) is 0 Å². The van der Waals surface area contributed by atoms with Gasteiger partial charge in [0.2, 0.25) is 0 Å². The van der Waals surface area contributed by atoms with Crippen LogP contribution in [0.4, 0.5) is 0 Å². The standard InChI is InChI=1S/C13H18N/c1-2-13(8-10-14-11-9-13)12-6-4-3-5-7-12/h3-7,14H,1-2,8-11H2. The molecule has 0 atom stereocenters. The van der Waals surface area contributed by atoms with Gasteiger partial charge in [-0.3, -0.25) is 0 Å². The minimum absolute atomic E-state index is 0.340. The van der Waals surface area contributed by atoms with Crippen LogP contribution < -0.4 is 5.32 Å². The van der Waals surface area contributed by atoms with Crippen LogP contribution in [-0.4, -0.2) is 13.1 Å². The average Bonchev–Trinajstić information content (AvgIpc) is 2.31. The third-order valence-corrected chi connectivity index (χ3v) is 3.43. The molecule has 1 heterocycles. The smallest absolute Gasteiger partial charge is 0.00229 e. The van der Waals surface area contributed by atoms with Gasteiger partial charge in [-0.2, -0.15) is 0 Å². The zero-order valence-electron chi connectivity index (χ0n) is 8.63. The van der Waals surface area contributed by atoms with E-state index in [2.05, 4.69) is 42.6 Å². The van der Waals surface area contributed by atoms with Crippen molar-refractivity contribution in [1.29, 1.82) is 0 Å². The second-order valence-corrected chi connectivity index (χ2v) is 4.15. The van der Waals surface area contributed by atoms with Gasteiger partial charge in [-0.15, -0.1) is 0 Å². The van der Waals surface area contributed by atoms with Gasteiger partial charge in [-0.05, 0) is 43.3 Å². The van der Waals surface area contributed by atoms with Crippen LogP contribution in [0.1, 0.15) is 24.8 Å². The molecule has 1 radical (unpaired) electrons. The van der Waals surface area contributed by atoms with Gasteiger partial charge in [0, 0.05) is 0 Å². The van der Waals surface area contributed by atoms with E-state index in [1.807, 2.05) is 0 Å². The van der Waals surface area contributed by atoms with Crippen molar-refractivity contribution >= 4 is 0 Å². The van der Waals surface area contributed by atoms with Crippen molar-refractivity contribution < 1.29 is 0 Å². The Morgan fingerprint density at radius 1 is 1.14 bits per heavy atom. The van der Waals surface area contributed by atoms with Crippen LogP contribution in [0.5, 0.6) is 0 Å². The molecule has 1 nitrogen and oxygen atoms in total. The Hall–Kier alpha value is -0.820. The summed E-state index contributed by atoms with van der Waals surface area (Å²) in [6.45, 7) is 6.39. The summed E-state index contributed by atoms with van der Waals surface area (Å²) in [5.41, 5.74) is 1.81. The van der Waals surface area contributed by atoms with Crippen molar-refractivity contribution in [3.63, 3.8) is 0 Å². The fourth-order valence-electron chi connectivity index (χ4n) is 2.38. The molecular weight excluding hydrogens is 170 g/mol. The van der Waals surface area contributed by atoms with Crippen molar-refractivity contribution in [3.8, 4) is 0 Å². The first-order valence-corrected chi connectivity index (χ1v) is 5.43. The molecule has 1 aliphatic rings. The van der Waals surface area contributed by atoms with Crippen molar-refractivity contribution in [1.82, 2.24) is 5.32 Å². The van der Waals surface area contributed by atoms with Gasteiger partial charge >= 0.3 is 0 Å². The molecule has 0 spiro atoms. The summed E-state index contributed by atoms with van der Waals surface area (Å²) in [6.07, 6.45) is 3.46. The first-order valence-electron chi connectivity index (χ1n) is 5.43. The summed E-state index contributed by atoms with van der Waals surface area (Å²) in [6, 6.07) is 10.8. The summed E-state index contributed by atoms with van der Waals surface area (Å²) >= 11 is 0. The topological polar surface area (TPSA) is 12.0 Å². The van der Waals surface area contributed by atoms with Crippen molar-refractivity contribution in [3.05, 3.63) is 42.8 Å². The van der Waals surface area contributed by atoms with Crippen LogP contribution in [0.3, 0.4) is 0 Å². The van der Waals surface area contributed by atoms with Crippen LogP contribution in [0, 0.1) is 6.92 Å². The first kappa shape index (κ1) is 9.72. The molecule has 0 unspecified atom stereocenters. The Bertz CT molecular complexity index is 273. The maximum absolute atomic E-state index is 4.13. The molecule has 0 saturated carbocycles. The molecule has 0 aromatic heterocycles. The Morgan fingerprint density at radius 2 is 1.79 bits per heavy atom. The van der Waals surface area contributed by atoms with Crippen LogP contribution in [0.2, 0.25) is 0 Å². The summed E-state index contributed by atoms with van der Waals surface area (Å²) < 4.78 is 0. The lowest BCUT2D eigenvalue weighted by Crippen LogP contribution is -2.39. The van der Waals surface area contributed by atoms with E-state index in [0.29, 0.717) is 5.41 Å². The third-order valence-electron chi connectivity index (χ3n) is 3.43. The Kier molecular flexibility index (Phi) is 2.87. The quantitative estimate of drug-likeness (QED) is 0.752. The fourth-order valence-corrected chi connectivity index (χ4v) is 2.38. The van der Waals surface area contributed by atoms with Gasteiger partial charge in [0.05, 0.1) is 0 Å². The number of piperidine rings is 1. The van der Waals surface area contributed by atoms with E-state index in [-0.39, 0.29) is 0 Å². The van der Waals surface area contributed by atoms with E-state index in [1.165, 1.54) is 18.4 Å². The lowest BCUT2D eigenvalue weighted by molar-refractivity contribution is 0.309. The van der Waals surface area contributed by atoms with Crippen LogP contribution in [0.25, 0.3) is 0 Å². The molecule has 0 bridgehead atoms. The van der Waals surface area contributed by atoms with E-state index >= 15 is 0 Å². The maximum atomic E-state index is 4.13. The largest absolute Gasteiger partial charge is 0.317 e. The highest BCUT2D eigenvalue weighted by Gasteiger charge is 2.31. The van der Waals surface area contributed by atoms with Gasteiger partial charge in [-0.25, -0.2) is 0 Å². The molecule has 75 valence electrons. The van der Waals surface area contributed by atoms with Crippen LogP contribution in [0.15, 0.2) is 30.3 Å². The minimum Gasteiger partial charge on any atom is -0.317 e. The molecule has 0 aliphatic carbocycles. The highest BCUT2D eigenvalue weighted by molar-refractivity contribution is 5.26. The minimum atomic E-state index is 0.340. The second-order valence-electron chi connectivity index (χ2n) is 4.15. The normalized spacial score (nSPS) is 20.6. The second kappa shape index (κ2) is 4.14. The maximum Gasteiger partial charge on any atom is -0.00229 e. The van der Waals surface area contributed by atoms with Gasteiger partial charge in [0.15, 0.2) is 0 Å². The van der Waals surface area contributed by atoms with E-state index in [1.54, 1.807) is 0 Å². The molecule has 1 fully saturated rings. The number of hydrogen-bond acceptors (Lipinski definition) is 1. The molecule has 1 heteroatoms. The number of rotatable bonds is 2. The Labute approximate surface area is 86.5 Å². The average molecular weight is 188 g/mol. The predicted molar refractivity (Wildman–Crippen MR) is 60.2 cm³/mol. The number of nitrogens with one attached hydrogen (secondary N) is 1. The third kappa shape index (κ3) is 1.69. The van der Waals surface area contributed by atoms with Crippen LogP contribution in [-0.2, 0) is 5.41 Å². The molecule has 2 rings (SSSR count). The lowest BCUT2D eigenvalue weighted by Gasteiger charge is -2.37. The first-order chi connectivity index (χ1) is 6.87. The van der Waals surface area contributed by atoms with Gasteiger partial charge < -0.3 is 5.32 Å². The molecule has 0 amide bonds. The van der Waals surface area contributed by atoms with E-state index in [0.717, 1.165) is 19.5 Å². The molecule has 1 aromatic carbocycles. The molecule has 14 heavy (non-hydrogen) atoms. The molecule has 1 N–H and O–H groups in total. The fraction of sp³-hybridized carbons (Fsp3) is 0.462. The van der Waals surface area contributed by atoms with E-state index in [9.17, 15) is 0 Å². The summed E-state index contributed by atoms with van der Waals surface area (Å²) in [4.78, 5) is 0. The summed E-state index contributed by atoms with van der Waals surface area (Å²) in [5.74, 6) is 0. The summed E-state index contributed by atoms with van der Waals surface area (Å²) in [7, 11) is 0. The zero-order valence-corrected chi connectivity index (χ0v) is 8.63. The molecular formula is C13H18N. The molecule has 1 saturated heterocycles. The number of hydrogen-bond donors (Lipinski definition) is 1.